The summed E-state index contributed by atoms with van der Waals surface area (Å²) in [6.07, 6.45) is 0. The molecule has 66 valence electrons. The molecular weight excluding hydrogens is 245 g/mol. The number of carbonyl (C=O) groups is 1. The molecule has 5 heteroatoms. The molecule has 0 amide bonds. The van der Waals surface area contributed by atoms with Crippen LogP contribution in [0.5, 0.6) is 0 Å². The number of carbonyl (C=O) groups excluding carboxylic acids is 1. The molecule has 0 atom stereocenters. The van der Waals surface area contributed by atoms with Gasteiger partial charge in [0.2, 0.25) is 0 Å². The molecule has 0 saturated carbocycles. The van der Waals surface area contributed by atoms with Crippen molar-refractivity contribution in [2.45, 2.75) is 13.6 Å². The maximum atomic E-state index is 12.1. The van der Waals surface area contributed by atoms with Gasteiger partial charge in [-0.25, -0.2) is 9.37 Å². The quantitative estimate of drug-likeness (QED) is 0.611. The predicted octanol–water partition coefficient (Wildman–Crippen LogP) is 2.50. The van der Waals surface area contributed by atoms with Crippen molar-refractivity contribution < 1.29 is 9.18 Å². The van der Waals surface area contributed by atoms with E-state index in [4.69, 9.17) is 0 Å². The van der Waals surface area contributed by atoms with Gasteiger partial charge in [0.1, 0.15) is 17.4 Å². The average Bonchev–Trinajstić information content (AvgIpc) is 2.45. The van der Waals surface area contributed by atoms with E-state index in [0.29, 0.717) is 10.7 Å². The first-order valence-corrected chi connectivity index (χ1v) is 5.24. The first-order valence-electron chi connectivity index (χ1n) is 3.30. The van der Waals surface area contributed by atoms with Gasteiger partial charge in [-0.2, -0.15) is 0 Å². The largest absolute Gasteiger partial charge is 0.291 e. The number of rotatable bonds is 3. The van der Waals surface area contributed by atoms with Crippen LogP contribution in [0.2, 0.25) is 0 Å². The van der Waals surface area contributed by atoms with Gasteiger partial charge in [-0.1, -0.05) is 15.9 Å². The van der Waals surface area contributed by atoms with Crippen LogP contribution >= 0.6 is 27.3 Å². The molecule has 1 aromatic heterocycles. The van der Waals surface area contributed by atoms with E-state index < -0.39 is 6.67 Å². The predicted molar refractivity (Wildman–Crippen MR) is 49.8 cm³/mol. The van der Waals surface area contributed by atoms with Crippen LogP contribution in [0.1, 0.15) is 20.4 Å². The first-order chi connectivity index (χ1) is 5.69. The van der Waals surface area contributed by atoms with Crippen molar-refractivity contribution in [1.82, 2.24) is 4.98 Å². The lowest BCUT2D eigenvalue weighted by Crippen LogP contribution is -2.02. The fraction of sp³-hybridized carbons (Fsp3) is 0.429. The lowest BCUT2D eigenvalue weighted by atomic mass is 10.3. The van der Waals surface area contributed by atoms with Crippen LogP contribution in [0.15, 0.2) is 0 Å². The number of aryl methyl sites for hydroxylation is 1. The minimum absolute atomic E-state index is 0.0940. The SMILES string of the molecule is Cc1sc(CF)nc1C(=O)CBr. The Labute approximate surface area is 81.9 Å². The molecule has 0 saturated heterocycles. The molecule has 1 rings (SSSR count). The highest BCUT2D eigenvalue weighted by Gasteiger charge is 2.13. The number of aromatic nitrogens is 1. The molecule has 12 heavy (non-hydrogen) atoms. The minimum atomic E-state index is -0.596. The van der Waals surface area contributed by atoms with Crippen LogP contribution in [-0.4, -0.2) is 16.1 Å². The summed E-state index contributed by atoms with van der Waals surface area (Å²) >= 11 is 4.27. The molecule has 1 heterocycles. The summed E-state index contributed by atoms with van der Waals surface area (Å²) in [4.78, 5) is 15.8. The smallest absolute Gasteiger partial charge is 0.192 e. The molecule has 0 bridgehead atoms. The van der Waals surface area contributed by atoms with Crippen molar-refractivity contribution in [3.63, 3.8) is 0 Å². The lowest BCUT2D eigenvalue weighted by Gasteiger charge is -1.89. The third-order valence-electron chi connectivity index (χ3n) is 1.34. The molecular formula is C7H7BrFNOS. The van der Waals surface area contributed by atoms with E-state index in [0.717, 1.165) is 4.88 Å². The van der Waals surface area contributed by atoms with Crippen molar-refractivity contribution in [1.29, 1.82) is 0 Å². The van der Waals surface area contributed by atoms with Gasteiger partial charge in [0.15, 0.2) is 5.78 Å². The summed E-state index contributed by atoms with van der Waals surface area (Å²) in [6.45, 7) is 1.17. The Morgan fingerprint density at radius 3 is 2.83 bits per heavy atom. The Hall–Kier alpha value is -0.290. The third kappa shape index (κ3) is 1.90. The maximum absolute atomic E-state index is 12.1. The van der Waals surface area contributed by atoms with Gasteiger partial charge in [0, 0.05) is 4.88 Å². The molecule has 0 aromatic carbocycles. The Bertz CT molecular complexity index is 300. The second-order valence-electron chi connectivity index (χ2n) is 2.20. The zero-order valence-corrected chi connectivity index (χ0v) is 8.84. The van der Waals surface area contributed by atoms with Crippen molar-refractivity contribution in [2.24, 2.45) is 0 Å². The van der Waals surface area contributed by atoms with E-state index in [1.54, 1.807) is 6.92 Å². The summed E-state index contributed by atoms with van der Waals surface area (Å²) in [6, 6.07) is 0. The first kappa shape index (κ1) is 9.80. The van der Waals surface area contributed by atoms with Crippen LogP contribution in [0, 0.1) is 6.92 Å². The summed E-state index contributed by atoms with van der Waals surface area (Å²) in [7, 11) is 0. The number of thiazole rings is 1. The molecule has 2 nitrogen and oxygen atoms in total. The molecule has 0 radical (unpaired) electrons. The number of halogens is 2. The zero-order valence-electron chi connectivity index (χ0n) is 6.43. The van der Waals surface area contributed by atoms with Crippen molar-refractivity contribution in [3.8, 4) is 0 Å². The average molecular weight is 252 g/mol. The highest BCUT2D eigenvalue weighted by Crippen LogP contribution is 2.19. The van der Waals surface area contributed by atoms with E-state index in [1.165, 1.54) is 11.3 Å². The van der Waals surface area contributed by atoms with Crippen molar-refractivity contribution >= 4 is 33.0 Å². The summed E-state index contributed by atoms with van der Waals surface area (Å²) < 4.78 is 12.1. The maximum Gasteiger partial charge on any atom is 0.192 e. The Kier molecular flexibility index (Phi) is 3.34. The fourth-order valence-electron chi connectivity index (χ4n) is 0.830. The normalized spacial score (nSPS) is 10.2. The zero-order chi connectivity index (χ0) is 9.14. The molecule has 0 fully saturated rings. The van der Waals surface area contributed by atoms with E-state index in [-0.39, 0.29) is 11.1 Å². The highest BCUT2D eigenvalue weighted by atomic mass is 79.9. The molecule has 0 aliphatic rings. The lowest BCUT2D eigenvalue weighted by molar-refractivity contribution is 0.101. The van der Waals surface area contributed by atoms with Crippen LogP contribution in [0.25, 0.3) is 0 Å². The second-order valence-corrected chi connectivity index (χ2v) is 4.05. The van der Waals surface area contributed by atoms with Crippen LogP contribution in [-0.2, 0) is 6.67 Å². The minimum Gasteiger partial charge on any atom is -0.291 e. The van der Waals surface area contributed by atoms with Gasteiger partial charge in [0.05, 0.1) is 5.33 Å². The topological polar surface area (TPSA) is 30.0 Å². The number of hydrogen-bond acceptors (Lipinski definition) is 3. The molecule has 0 spiro atoms. The van der Waals surface area contributed by atoms with E-state index >= 15 is 0 Å². The molecule has 1 aromatic rings. The Balaban J connectivity index is 2.99. The highest BCUT2D eigenvalue weighted by molar-refractivity contribution is 9.09. The number of alkyl halides is 2. The Morgan fingerprint density at radius 1 is 1.75 bits per heavy atom. The molecule has 0 aliphatic carbocycles. The monoisotopic (exact) mass is 251 g/mol. The number of ketones is 1. The second kappa shape index (κ2) is 4.09. The van der Waals surface area contributed by atoms with Gasteiger partial charge < -0.3 is 0 Å². The summed E-state index contributed by atoms with van der Waals surface area (Å²) in [5, 5.41) is 0.611. The number of Topliss-reactive ketones (excluding diaryl/α,β-unsaturated/α-hetero) is 1. The van der Waals surface area contributed by atoms with Gasteiger partial charge in [-0.05, 0) is 6.92 Å². The van der Waals surface area contributed by atoms with Crippen LogP contribution < -0.4 is 0 Å². The third-order valence-corrected chi connectivity index (χ3v) is 2.79. The molecule has 0 aliphatic heterocycles. The summed E-state index contributed by atoms with van der Waals surface area (Å²) in [5.41, 5.74) is 0.393. The Morgan fingerprint density at radius 2 is 2.42 bits per heavy atom. The van der Waals surface area contributed by atoms with Gasteiger partial charge in [-0.3, -0.25) is 4.79 Å². The van der Waals surface area contributed by atoms with Gasteiger partial charge >= 0.3 is 0 Å². The fourth-order valence-corrected chi connectivity index (χ4v) is 1.90. The van der Waals surface area contributed by atoms with E-state index in [1.807, 2.05) is 0 Å². The van der Waals surface area contributed by atoms with Crippen molar-refractivity contribution in [2.75, 3.05) is 5.33 Å². The number of nitrogens with zero attached hydrogens (tertiary/aromatic N) is 1. The molecule has 0 unspecified atom stereocenters. The standard InChI is InChI=1S/C7H7BrFNOS/c1-4-7(5(11)2-8)10-6(3-9)12-4/h2-3H2,1H3. The number of hydrogen-bond donors (Lipinski definition) is 0. The van der Waals surface area contributed by atoms with Crippen LogP contribution in [0.3, 0.4) is 0 Å². The van der Waals surface area contributed by atoms with Gasteiger partial charge in [-0.15, -0.1) is 11.3 Å². The van der Waals surface area contributed by atoms with Crippen molar-refractivity contribution in [3.05, 3.63) is 15.6 Å². The van der Waals surface area contributed by atoms with E-state index in [2.05, 4.69) is 20.9 Å². The summed E-state index contributed by atoms with van der Waals surface area (Å²) in [5.74, 6) is -0.0940. The van der Waals surface area contributed by atoms with E-state index in [9.17, 15) is 9.18 Å². The van der Waals surface area contributed by atoms with Crippen LogP contribution in [0.4, 0.5) is 4.39 Å². The molecule has 0 N–H and O–H groups in total. The van der Waals surface area contributed by atoms with Gasteiger partial charge in [0.25, 0.3) is 0 Å².